The van der Waals surface area contributed by atoms with Crippen LogP contribution in [0.1, 0.15) is 39.0 Å². The first-order valence-corrected chi connectivity index (χ1v) is 9.45. The molecule has 5 heteroatoms. The lowest BCUT2D eigenvalue weighted by atomic mass is 9.99. The third-order valence-electron chi connectivity index (χ3n) is 5.41. The Hall–Kier alpha value is -1.62. The van der Waals surface area contributed by atoms with Crippen molar-refractivity contribution < 1.29 is 4.79 Å². The molecule has 0 spiro atoms. The SMILES string of the molecule is CCC1CCCCN1C(=O)CCN1CCN(c2ccccn2)CC1. The zero-order valence-corrected chi connectivity index (χ0v) is 14.9. The molecule has 1 aromatic rings. The van der Waals surface area contributed by atoms with Crippen LogP contribution < -0.4 is 4.90 Å². The Balaban J connectivity index is 1.42. The van der Waals surface area contributed by atoms with E-state index in [2.05, 4.69) is 32.7 Å². The maximum atomic E-state index is 12.6. The van der Waals surface area contributed by atoms with Gasteiger partial charge in [0.05, 0.1) is 0 Å². The molecule has 2 aliphatic rings. The van der Waals surface area contributed by atoms with E-state index in [1.54, 1.807) is 0 Å². The van der Waals surface area contributed by atoms with E-state index < -0.39 is 0 Å². The van der Waals surface area contributed by atoms with Crippen molar-refractivity contribution in [3.05, 3.63) is 24.4 Å². The Kier molecular flexibility index (Phi) is 6.07. The van der Waals surface area contributed by atoms with Crippen LogP contribution in [0.4, 0.5) is 5.82 Å². The monoisotopic (exact) mass is 330 g/mol. The van der Waals surface area contributed by atoms with Gasteiger partial charge in [0.2, 0.25) is 5.91 Å². The Morgan fingerprint density at radius 3 is 2.71 bits per heavy atom. The van der Waals surface area contributed by atoms with Gasteiger partial charge in [-0.1, -0.05) is 13.0 Å². The minimum atomic E-state index is 0.355. The number of piperazine rings is 1. The second-order valence-electron chi connectivity index (χ2n) is 6.91. The van der Waals surface area contributed by atoms with Gasteiger partial charge in [0.1, 0.15) is 5.82 Å². The van der Waals surface area contributed by atoms with Gasteiger partial charge in [-0.2, -0.15) is 0 Å². The van der Waals surface area contributed by atoms with E-state index >= 15 is 0 Å². The first kappa shape index (κ1) is 17.2. The van der Waals surface area contributed by atoms with Crippen LogP contribution in [0.15, 0.2) is 24.4 Å². The molecule has 5 nitrogen and oxygen atoms in total. The number of rotatable bonds is 5. The summed E-state index contributed by atoms with van der Waals surface area (Å²) in [5, 5.41) is 0. The maximum absolute atomic E-state index is 12.6. The molecular formula is C19H30N4O. The number of carbonyl (C=O) groups is 1. The predicted molar refractivity (Wildman–Crippen MR) is 97.2 cm³/mol. The van der Waals surface area contributed by atoms with Crippen LogP contribution in [0.5, 0.6) is 0 Å². The molecule has 1 amide bonds. The summed E-state index contributed by atoms with van der Waals surface area (Å²) in [6, 6.07) is 6.54. The average molecular weight is 330 g/mol. The van der Waals surface area contributed by atoms with Gasteiger partial charge < -0.3 is 9.80 Å². The van der Waals surface area contributed by atoms with Gasteiger partial charge in [0.15, 0.2) is 0 Å². The number of pyridine rings is 1. The lowest BCUT2D eigenvalue weighted by molar-refractivity contribution is -0.135. The van der Waals surface area contributed by atoms with E-state index in [4.69, 9.17) is 0 Å². The highest BCUT2D eigenvalue weighted by molar-refractivity contribution is 5.76. The van der Waals surface area contributed by atoms with Crippen molar-refractivity contribution in [2.45, 2.75) is 45.1 Å². The van der Waals surface area contributed by atoms with E-state index in [9.17, 15) is 4.79 Å². The van der Waals surface area contributed by atoms with Crippen molar-refractivity contribution >= 4 is 11.7 Å². The maximum Gasteiger partial charge on any atom is 0.224 e. The van der Waals surface area contributed by atoms with Crippen molar-refractivity contribution in [1.29, 1.82) is 0 Å². The number of likely N-dealkylation sites (tertiary alicyclic amines) is 1. The first-order valence-electron chi connectivity index (χ1n) is 9.45. The number of aromatic nitrogens is 1. The standard InChI is InChI=1S/C19H30N4O/c1-2-17-7-4-6-11-23(17)19(24)9-12-21-13-15-22(16-14-21)18-8-3-5-10-20-18/h3,5,8,10,17H,2,4,6-7,9,11-16H2,1H3. The molecule has 0 aromatic carbocycles. The normalized spacial score (nSPS) is 22.6. The molecule has 0 saturated carbocycles. The zero-order chi connectivity index (χ0) is 16.8. The van der Waals surface area contributed by atoms with Crippen molar-refractivity contribution in [3.8, 4) is 0 Å². The van der Waals surface area contributed by atoms with Crippen LogP contribution in [0.3, 0.4) is 0 Å². The van der Waals surface area contributed by atoms with Gasteiger partial charge >= 0.3 is 0 Å². The molecule has 3 heterocycles. The fourth-order valence-corrected chi connectivity index (χ4v) is 3.89. The van der Waals surface area contributed by atoms with Crippen molar-refractivity contribution in [1.82, 2.24) is 14.8 Å². The molecule has 0 radical (unpaired) electrons. The Morgan fingerprint density at radius 2 is 2.00 bits per heavy atom. The fourth-order valence-electron chi connectivity index (χ4n) is 3.89. The molecule has 132 valence electrons. The minimum Gasteiger partial charge on any atom is -0.354 e. The Labute approximate surface area is 145 Å². The van der Waals surface area contributed by atoms with Crippen LogP contribution in [0, 0.1) is 0 Å². The third kappa shape index (κ3) is 4.26. The van der Waals surface area contributed by atoms with Gasteiger partial charge in [-0.15, -0.1) is 0 Å². The number of amides is 1. The van der Waals surface area contributed by atoms with Crippen molar-refractivity contribution in [2.24, 2.45) is 0 Å². The second-order valence-corrected chi connectivity index (χ2v) is 6.91. The van der Waals surface area contributed by atoms with Crippen LogP contribution in [-0.4, -0.2) is 66.0 Å². The molecule has 0 aliphatic carbocycles. The number of hydrogen-bond acceptors (Lipinski definition) is 4. The molecule has 3 rings (SSSR count). The number of nitrogens with zero attached hydrogens (tertiary/aromatic N) is 4. The molecule has 24 heavy (non-hydrogen) atoms. The molecule has 2 fully saturated rings. The van der Waals surface area contributed by atoms with Gasteiger partial charge in [-0.25, -0.2) is 4.98 Å². The van der Waals surface area contributed by atoms with Gasteiger partial charge in [-0.05, 0) is 37.8 Å². The van der Waals surface area contributed by atoms with Crippen LogP contribution >= 0.6 is 0 Å². The molecule has 2 aliphatic heterocycles. The first-order chi connectivity index (χ1) is 11.8. The molecule has 2 saturated heterocycles. The smallest absolute Gasteiger partial charge is 0.224 e. The second kappa shape index (κ2) is 8.47. The van der Waals surface area contributed by atoms with E-state index in [0.717, 1.165) is 51.5 Å². The van der Waals surface area contributed by atoms with Crippen LogP contribution in [0.2, 0.25) is 0 Å². The molecule has 1 aromatic heterocycles. The molecule has 0 bridgehead atoms. The summed E-state index contributed by atoms with van der Waals surface area (Å²) in [5.41, 5.74) is 0. The zero-order valence-electron chi connectivity index (χ0n) is 14.9. The topological polar surface area (TPSA) is 39.7 Å². The van der Waals surface area contributed by atoms with E-state index in [0.29, 0.717) is 18.4 Å². The summed E-state index contributed by atoms with van der Waals surface area (Å²) >= 11 is 0. The number of hydrogen-bond donors (Lipinski definition) is 0. The lowest BCUT2D eigenvalue weighted by Gasteiger charge is -2.37. The van der Waals surface area contributed by atoms with E-state index in [1.165, 1.54) is 19.3 Å². The number of anilines is 1. The quantitative estimate of drug-likeness (QED) is 0.831. The van der Waals surface area contributed by atoms with Crippen molar-refractivity contribution in [3.63, 3.8) is 0 Å². The Morgan fingerprint density at radius 1 is 1.17 bits per heavy atom. The molecule has 0 N–H and O–H groups in total. The van der Waals surface area contributed by atoms with E-state index in [-0.39, 0.29) is 0 Å². The average Bonchev–Trinajstić information content (AvgIpc) is 2.67. The fraction of sp³-hybridized carbons (Fsp3) is 0.684. The number of carbonyl (C=O) groups excluding carboxylic acids is 1. The highest BCUT2D eigenvalue weighted by Gasteiger charge is 2.26. The van der Waals surface area contributed by atoms with Gasteiger partial charge in [-0.3, -0.25) is 9.69 Å². The summed E-state index contributed by atoms with van der Waals surface area (Å²) in [5.74, 6) is 1.42. The molecule has 1 unspecified atom stereocenters. The summed E-state index contributed by atoms with van der Waals surface area (Å²) in [6.45, 7) is 8.07. The highest BCUT2D eigenvalue weighted by atomic mass is 16.2. The summed E-state index contributed by atoms with van der Waals surface area (Å²) in [4.78, 5) is 23.9. The highest BCUT2D eigenvalue weighted by Crippen LogP contribution is 2.20. The minimum absolute atomic E-state index is 0.355. The van der Waals surface area contributed by atoms with Gasteiger partial charge in [0, 0.05) is 57.9 Å². The summed E-state index contributed by atoms with van der Waals surface area (Å²) in [6.07, 6.45) is 7.24. The van der Waals surface area contributed by atoms with E-state index in [1.807, 2.05) is 18.3 Å². The van der Waals surface area contributed by atoms with Crippen LogP contribution in [-0.2, 0) is 4.79 Å². The van der Waals surface area contributed by atoms with Crippen LogP contribution in [0.25, 0.3) is 0 Å². The molecular weight excluding hydrogens is 300 g/mol. The number of piperidine rings is 1. The van der Waals surface area contributed by atoms with Gasteiger partial charge in [0.25, 0.3) is 0 Å². The third-order valence-corrected chi connectivity index (χ3v) is 5.41. The van der Waals surface area contributed by atoms with Crippen molar-refractivity contribution in [2.75, 3.05) is 44.2 Å². The Bertz CT molecular complexity index is 513. The summed E-state index contributed by atoms with van der Waals surface area (Å²) in [7, 11) is 0. The largest absolute Gasteiger partial charge is 0.354 e. The lowest BCUT2D eigenvalue weighted by Crippen LogP contribution is -2.48. The predicted octanol–water partition coefficient (Wildman–Crippen LogP) is 2.38. The summed E-state index contributed by atoms with van der Waals surface area (Å²) < 4.78 is 0. The molecule has 1 atom stereocenters.